The summed E-state index contributed by atoms with van der Waals surface area (Å²) in [7, 11) is -3.52. The lowest BCUT2D eigenvalue weighted by Crippen LogP contribution is -2.40. The minimum atomic E-state index is -3.52. The number of hydrogen-bond acceptors (Lipinski definition) is 4. The molecule has 1 saturated carbocycles. The first-order valence-electron chi connectivity index (χ1n) is 7.93. The third kappa shape index (κ3) is 4.69. The second-order valence-electron chi connectivity index (χ2n) is 6.45. The molecule has 1 aromatic rings. The SMILES string of the molecule is CC(C)NS(=O)(=O)c1ccc(NC(=O)C2(CN)CCCC2)cc1.Cl. The molecule has 24 heavy (non-hydrogen) atoms. The number of rotatable bonds is 6. The van der Waals surface area contributed by atoms with E-state index in [9.17, 15) is 13.2 Å². The Kier molecular flexibility index (Phi) is 7.22. The van der Waals surface area contributed by atoms with Gasteiger partial charge in [0.15, 0.2) is 0 Å². The molecule has 6 nitrogen and oxygen atoms in total. The van der Waals surface area contributed by atoms with Crippen LogP contribution in [0.15, 0.2) is 29.2 Å². The van der Waals surface area contributed by atoms with Crippen molar-refractivity contribution in [3.05, 3.63) is 24.3 Å². The van der Waals surface area contributed by atoms with Crippen molar-refractivity contribution >= 4 is 34.0 Å². The number of nitrogens with two attached hydrogens (primary N) is 1. The fourth-order valence-corrected chi connectivity index (χ4v) is 4.19. The first-order chi connectivity index (χ1) is 10.8. The largest absolute Gasteiger partial charge is 0.329 e. The molecular formula is C16H26ClN3O3S. The molecule has 4 N–H and O–H groups in total. The highest BCUT2D eigenvalue weighted by molar-refractivity contribution is 7.89. The van der Waals surface area contributed by atoms with E-state index in [0.717, 1.165) is 25.7 Å². The van der Waals surface area contributed by atoms with Crippen LogP contribution in [0.2, 0.25) is 0 Å². The Balaban J connectivity index is 0.00000288. The molecule has 0 aromatic heterocycles. The molecule has 136 valence electrons. The molecule has 0 radical (unpaired) electrons. The summed E-state index contributed by atoms with van der Waals surface area (Å²) in [5.41, 5.74) is 5.90. The summed E-state index contributed by atoms with van der Waals surface area (Å²) >= 11 is 0. The summed E-state index contributed by atoms with van der Waals surface area (Å²) in [5.74, 6) is -0.0755. The molecule has 1 fully saturated rings. The van der Waals surface area contributed by atoms with Crippen molar-refractivity contribution < 1.29 is 13.2 Å². The van der Waals surface area contributed by atoms with Gasteiger partial charge in [-0.1, -0.05) is 12.8 Å². The number of sulfonamides is 1. The van der Waals surface area contributed by atoms with Gasteiger partial charge in [0.1, 0.15) is 0 Å². The molecule has 1 aliphatic carbocycles. The van der Waals surface area contributed by atoms with E-state index < -0.39 is 15.4 Å². The molecule has 0 atom stereocenters. The molecule has 1 aliphatic rings. The fraction of sp³-hybridized carbons (Fsp3) is 0.562. The van der Waals surface area contributed by atoms with Crippen LogP contribution < -0.4 is 15.8 Å². The second kappa shape index (κ2) is 8.29. The molecule has 0 aliphatic heterocycles. The summed E-state index contributed by atoms with van der Waals surface area (Å²) < 4.78 is 26.7. The van der Waals surface area contributed by atoms with Crippen molar-refractivity contribution in [2.24, 2.45) is 11.1 Å². The van der Waals surface area contributed by atoms with E-state index in [1.54, 1.807) is 26.0 Å². The zero-order chi connectivity index (χ0) is 17.1. The van der Waals surface area contributed by atoms with Crippen LogP contribution in [0, 0.1) is 5.41 Å². The van der Waals surface area contributed by atoms with E-state index in [1.807, 2.05) is 0 Å². The second-order valence-corrected chi connectivity index (χ2v) is 8.16. The maximum absolute atomic E-state index is 12.5. The topological polar surface area (TPSA) is 101 Å². The first-order valence-corrected chi connectivity index (χ1v) is 9.41. The Bertz CT molecular complexity index is 654. The highest BCUT2D eigenvalue weighted by Gasteiger charge is 2.39. The maximum Gasteiger partial charge on any atom is 0.240 e. The molecular weight excluding hydrogens is 350 g/mol. The van der Waals surface area contributed by atoms with Crippen LogP contribution in [0.5, 0.6) is 0 Å². The fourth-order valence-electron chi connectivity index (χ4n) is 2.94. The average Bonchev–Trinajstić information content (AvgIpc) is 2.96. The van der Waals surface area contributed by atoms with Crippen LogP contribution in [-0.2, 0) is 14.8 Å². The van der Waals surface area contributed by atoms with E-state index >= 15 is 0 Å². The van der Waals surface area contributed by atoms with E-state index in [0.29, 0.717) is 12.2 Å². The molecule has 0 heterocycles. The number of anilines is 1. The van der Waals surface area contributed by atoms with Crippen molar-refractivity contribution in [2.45, 2.75) is 50.5 Å². The summed E-state index contributed by atoms with van der Waals surface area (Å²) in [6.07, 6.45) is 3.64. The van der Waals surface area contributed by atoms with Crippen LogP contribution in [0.1, 0.15) is 39.5 Å². The Hall–Kier alpha value is -1.15. The Labute approximate surface area is 150 Å². The minimum absolute atomic E-state index is 0. The Morgan fingerprint density at radius 3 is 2.21 bits per heavy atom. The highest BCUT2D eigenvalue weighted by Crippen LogP contribution is 2.38. The van der Waals surface area contributed by atoms with E-state index in [-0.39, 0.29) is 29.3 Å². The van der Waals surface area contributed by atoms with Gasteiger partial charge >= 0.3 is 0 Å². The summed E-state index contributed by atoms with van der Waals surface area (Å²) in [6, 6.07) is 6.01. The number of carbonyl (C=O) groups excluding carboxylic acids is 1. The first kappa shape index (κ1) is 20.9. The van der Waals surface area contributed by atoms with Crippen molar-refractivity contribution in [3.63, 3.8) is 0 Å². The normalized spacial score (nSPS) is 16.7. The standard InChI is InChI=1S/C16H25N3O3S.ClH/c1-12(2)19-23(21,22)14-7-5-13(6-8-14)18-15(20)16(11-17)9-3-4-10-16;/h5-8,12,19H,3-4,9-11,17H2,1-2H3,(H,18,20);1H. The third-order valence-corrected chi connectivity index (χ3v) is 5.92. The zero-order valence-corrected chi connectivity index (χ0v) is 15.7. The quantitative estimate of drug-likeness (QED) is 0.709. The lowest BCUT2D eigenvalue weighted by atomic mass is 9.85. The van der Waals surface area contributed by atoms with Gasteiger partial charge in [-0.15, -0.1) is 12.4 Å². The van der Waals surface area contributed by atoms with Crippen molar-refractivity contribution in [3.8, 4) is 0 Å². The zero-order valence-electron chi connectivity index (χ0n) is 14.0. The molecule has 0 unspecified atom stereocenters. The number of carbonyl (C=O) groups is 1. The number of amides is 1. The number of hydrogen-bond donors (Lipinski definition) is 3. The highest BCUT2D eigenvalue weighted by atomic mass is 35.5. The summed E-state index contributed by atoms with van der Waals surface area (Å²) in [4.78, 5) is 12.7. The van der Waals surface area contributed by atoms with Gasteiger partial charge in [-0.05, 0) is 51.0 Å². The van der Waals surface area contributed by atoms with E-state index in [1.165, 1.54) is 12.1 Å². The molecule has 0 bridgehead atoms. The molecule has 0 spiro atoms. The summed E-state index contributed by atoms with van der Waals surface area (Å²) in [6.45, 7) is 3.86. The van der Waals surface area contributed by atoms with Crippen LogP contribution in [0.3, 0.4) is 0 Å². The lowest BCUT2D eigenvalue weighted by molar-refractivity contribution is -0.124. The molecule has 2 rings (SSSR count). The Morgan fingerprint density at radius 1 is 1.21 bits per heavy atom. The lowest BCUT2D eigenvalue weighted by Gasteiger charge is -2.25. The van der Waals surface area contributed by atoms with Gasteiger partial charge in [0.2, 0.25) is 15.9 Å². The monoisotopic (exact) mass is 375 g/mol. The smallest absolute Gasteiger partial charge is 0.240 e. The molecule has 8 heteroatoms. The van der Waals surface area contributed by atoms with Gasteiger partial charge in [-0.2, -0.15) is 0 Å². The molecule has 1 amide bonds. The molecule has 0 saturated heterocycles. The van der Waals surface area contributed by atoms with Gasteiger partial charge in [0, 0.05) is 18.3 Å². The minimum Gasteiger partial charge on any atom is -0.329 e. The van der Waals surface area contributed by atoms with Crippen LogP contribution >= 0.6 is 12.4 Å². The van der Waals surface area contributed by atoms with Crippen molar-refractivity contribution in [2.75, 3.05) is 11.9 Å². The predicted molar refractivity (Wildman–Crippen MR) is 97.7 cm³/mol. The van der Waals surface area contributed by atoms with Gasteiger partial charge in [-0.3, -0.25) is 4.79 Å². The number of benzene rings is 1. The summed E-state index contributed by atoms with van der Waals surface area (Å²) in [5, 5.41) is 2.86. The van der Waals surface area contributed by atoms with Gasteiger partial charge in [0.25, 0.3) is 0 Å². The van der Waals surface area contributed by atoms with Crippen LogP contribution in [-0.4, -0.2) is 26.9 Å². The van der Waals surface area contributed by atoms with Crippen LogP contribution in [0.25, 0.3) is 0 Å². The van der Waals surface area contributed by atoms with Gasteiger partial charge in [0.05, 0.1) is 10.3 Å². The average molecular weight is 376 g/mol. The van der Waals surface area contributed by atoms with E-state index in [4.69, 9.17) is 5.73 Å². The number of halogens is 1. The third-order valence-electron chi connectivity index (χ3n) is 4.25. The van der Waals surface area contributed by atoms with Crippen molar-refractivity contribution in [1.82, 2.24) is 4.72 Å². The number of nitrogens with one attached hydrogen (secondary N) is 2. The van der Waals surface area contributed by atoms with Crippen molar-refractivity contribution in [1.29, 1.82) is 0 Å². The van der Waals surface area contributed by atoms with Crippen LogP contribution in [0.4, 0.5) is 5.69 Å². The molecule has 1 aromatic carbocycles. The van der Waals surface area contributed by atoms with Gasteiger partial charge in [-0.25, -0.2) is 13.1 Å². The Morgan fingerprint density at radius 2 is 1.75 bits per heavy atom. The predicted octanol–water partition coefficient (Wildman–Crippen LogP) is 2.25. The van der Waals surface area contributed by atoms with E-state index in [2.05, 4.69) is 10.0 Å². The van der Waals surface area contributed by atoms with Gasteiger partial charge < -0.3 is 11.1 Å². The maximum atomic E-state index is 12.5.